The van der Waals surface area contributed by atoms with Crippen LogP contribution in [0.25, 0.3) is 5.57 Å². The molecule has 5 aliphatic carbocycles. The van der Waals surface area contributed by atoms with Crippen LogP contribution in [0.15, 0.2) is 54.6 Å². The Balaban J connectivity index is 0.000000580. The van der Waals surface area contributed by atoms with E-state index >= 15 is 0 Å². The van der Waals surface area contributed by atoms with Crippen LogP contribution in [-0.4, -0.2) is 36.7 Å². The summed E-state index contributed by atoms with van der Waals surface area (Å²) in [7, 11) is 2.95. The summed E-state index contributed by atoms with van der Waals surface area (Å²) in [6.07, 6.45) is 21.9. The van der Waals surface area contributed by atoms with Crippen molar-refractivity contribution in [3.8, 4) is 0 Å². The minimum Gasteiger partial charge on any atom is -0.478 e. The molecule has 0 aromatic heterocycles. The molecule has 5 aliphatic rings. The number of amides is 1. The van der Waals surface area contributed by atoms with Gasteiger partial charge in [-0.2, -0.15) is 0 Å². The lowest BCUT2D eigenvalue weighted by Gasteiger charge is -2.72. The SMILES string of the molecule is C/C=C/[C@]12CCC[C@@H]1[C@H]1CCC3[C@@]4(C)CC=C(c5ccc(C(=O)O)cc5)C(C)(C)C4CC[C@@]3(C)[C@]1(C)CC2.C=C(C)C.CC.CC.CON(C)C=O. The standard InChI is InChI=1S/C36H50O2.C4H8.C3H7NO2.2C2H6/c1-7-18-36-19-8-9-28(36)27-14-15-30-33(4)20-16-26(24-10-12-25(13-11-24)31(37)38)32(2,3)29(33)17-21-35(30,6)34(27,5)22-23-36;1-4(2)3;1-4(3-5)6-2;2*1-2/h7,10-13,16,18,27-30H,8-9,14-15,17,19-23H2,1-6H3,(H,37,38);1H2,2-3H3;3H,1-2H3;2*1-2H3/b18-7+;;;;/t27-,28-,29?,30?,33+,34-,35-,36-;;;;/m1..../s1. The second kappa shape index (κ2) is 18.6. The van der Waals surface area contributed by atoms with Crippen LogP contribution in [-0.2, 0) is 9.63 Å². The van der Waals surface area contributed by atoms with E-state index < -0.39 is 5.97 Å². The monoisotopic (exact) mass is 720 g/mol. The zero-order valence-corrected chi connectivity index (χ0v) is 35.8. The number of hydroxylamine groups is 2. The Kier molecular flexibility index (Phi) is 16.3. The van der Waals surface area contributed by atoms with E-state index in [0.29, 0.717) is 39.6 Å². The normalized spacial score (nSPS) is 34.8. The third kappa shape index (κ3) is 8.50. The van der Waals surface area contributed by atoms with Gasteiger partial charge in [-0.3, -0.25) is 9.63 Å². The summed E-state index contributed by atoms with van der Waals surface area (Å²) < 4.78 is 0. The highest BCUT2D eigenvalue weighted by Crippen LogP contribution is 2.77. The van der Waals surface area contributed by atoms with E-state index in [1.807, 2.05) is 53.7 Å². The van der Waals surface area contributed by atoms with Crippen LogP contribution in [0.1, 0.15) is 163 Å². The average Bonchev–Trinajstić information content (AvgIpc) is 3.54. The topological polar surface area (TPSA) is 66.8 Å². The largest absolute Gasteiger partial charge is 0.478 e. The molecule has 0 spiro atoms. The van der Waals surface area contributed by atoms with Crippen molar-refractivity contribution in [2.75, 3.05) is 14.2 Å². The first kappa shape index (κ1) is 45.5. The van der Waals surface area contributed by atoms with Crippen LogP contribution in [0, 0.1) is 50.7 Å². The fourth-order valence-electron chi connectivity index (χ4n) is 12.2. The van der Waals surface area contributed by atoms with E-state index in [1.165, 1.54) is 88.7 Å². The van der Waals surface area contributed by atoms with Gasteiger partial charge in [-0.15, -0.1) is 6.58 Å². The first-order valence-electron chi connectivity index (χ1n) is 20.5. The molecule has 0 radical (unpaired) electrons. The smallest absolute Gasteiger partial charge is 0.335 e. The van der Waals surface area contributed by atoms with Crippen molar-refractivity contribution in [1.29, 1.82) is 0 Å². The summed E-state index contributed by atoms with van der Waals surface area (Å²) in [6, 6.07) is 7.64. The van der Waals surface area contributed by atoms with E-state index in [1.54, 1.807) is 12.1 Å². The Labute approximate surface area is 319 Å². The third-order valence-electron chi connectivity index (χ3n) is 14.4. The minimum absolute atomic E-state index is 0.0793. The van der Waals surface area contributed by atoms with Gasteiger partial charge in [0.25, 0.3) is 0 Å². The predicted octanol–water partition coefficient (Wildman–Crippen LogP) is 13.1. The molecule has 0 aliphatic heterocycles. The van der Waals surface area contributed by atoms with Crippen LogP contribution < -0.4 is 0 Å². The van der Waals surface area contributed by atoms with Crippen molar-refractivity contribution < 1.29 is 19.5 Å². The highest BCUT2D eigenvalue weighted by molar-refractivity contribution is 5.88. The molecule has 0 saturated heterocycles. The summed E-state index contributed by atoms with van der Waals surface area (Å²) in [5.74, 6) is 2.36. The van der Waals surface area contributed by atoms with Crippen molar-refractivity contribution in [2.45, 2.75) is 147 Å². The minimum atomic E-state index is -0.847. The van der Waals surface area contributed by atoms with Crippen molar-refractivity contribution in [2.24, 2.45) is 50.7 Å². The van der Waals surface area contributed by atoms with Gasteiger partial charge in [0, 0.05) is 7.05 Å². The highest BCUT2D eigenvalue weighted by Gasteiger charge is 2.69. The molecular weight excluding hydrogens is 643 g/mol. The molecule has 4 saturated carbocycles. The lowest BCUT2D eigenvalue weighted by Crippen LogP contribution is -2.64. The number of fused-ring (bicyclic) bond motifs is 7. The third-order valence-corrected chi connectivity index (χ3v) is 14.4. The summed E-state index contributed by atoms with van der Waals surface area (Å²) in [5.41, 5.74) is 5.93. The van der Waals surface area contributed by atoms with Crippen molar-refractivity contribution in [3.63, 3.8) is 0 Å². The van der Waals surface area contributed by atoms with Gasteiger partial charge in [0.1, 0.15) is 0 Å². The number of carbonyl (C=O) groups excluding carboxylic acids is 1. The first-order valence-corrected chi connectivity index (χ1v) is 20.5. The molecule has 0 bridgehead atoms. The predicted molar refractivity (Wildman–Crippen MR) is 221 cm³/mol. The fourth-order valence-corrected chi connectivity index (χ4v) is 12.2. The van der Waals surface area contributed by atoms with Gasteiger partial charge in [-0.1, -0.05) is 105 Å². The number of carboxylic acids is 1. The van der Waals surface area contributed by atoms with Crippen LogP contribution in [0.5, 0.6) is 0 Å². The molecule has 52 heavy (non-hydrogen) atoms. The summed E-state index contributed by atoms with van der Waals surface area (Å²) >= 11 is 0. The Hall–Kier alpha value is -2.66. The van der Waals surface area contributed by atoms with E-state index in [-0.39, 0.29) is 5.41 Å². The van der Waals surface area contributed by atoms with Crippen LogP contribution in [0.2, 0.25) is 0 Å². The number of hydrogen-bond acceptors (Lipinski definition) is 3. The summed E-state index contributed by atoms with van der Waals surface area (Å²) in [6.45, 7) is 30.8. The average molecular weight is 720 g/mol. The van der Waals surface area contributed by atoms with Gasteiger partial charge in [0.05, 0.1) is 12.7 Å². The van der Waals surface area contributed by atoms with Gasteiger partial charge in [-0.25, -0.2) is 9.86 Å². The Morgan fingerprint density at radius 2 is 1.46 bits per heavy atom. The molecule has 6 rings (SSSR count). The van der Waals surface area contributed by atoms with Gasteiger partial charge in [-0.05, 0) is 153 Å². The molecule has 4 fully saturated rings. The maximum absolute atomic E-state index is 11.4. The molecule has 1 amide bonds. The Morgan fingerprint density at radius 1 is 0.865 bits per heavy atom. The molecule has 5 heteroatoms. The molecule has 8 atom stereocenters. The lowest BCUT2D eigenvalue weighted by molar-refractivity contribution is -0.218. The van der Waals surface area contributed by atoms with Crippen molar-refractivity contribution in [3.05, 3.63) is 65.8 Å². The van der Waals surface area contributed by atoms with Gasteiger partial charge < -0.3 is 5.11 Å². The quantitative estimate of drug-likeness (QED) is 0.187. The maximum Gasteiger partial charge on any atom is 0.335 e. The number of rotatable bonds is 5. The number of hydrogen-bond donors (Lipinski definition) is 1. The number of allylic oxidation sites excluding steroid dienone is 5. The molecule has 1 aromatic carbocycles. The second-order valence-corrected chi connectivity index (χ2v) is 17.4. The van der Waals surface area contributed by atoms with E-state index in [4.69, 9.17) is 0 Å². The number of nitrogens with zero attached hydrogens (tertiary/aromatic N) is 1. The molecule has 2 unspecified atom stereocenters. The molecule has 0 heterocycles. The van der Waals surface area contributed by atoms with Gasteiger partial charge in [0.15, 0.2) is 0 Å². The number of carboxylic acid groups (broad SMARTS) is 1. The fraction of sp³-hybridized carbons (Fsp3) is 0.702. The summed E-state index contributed by atoms with van der Waals surface area (Å²) in [4.78, 5) is 25.3. The number of benzene rings is 1. The molecular formula is C47H77NO4. The van der Waals surface area contributed by atoms with Crippen LogP contribution in [0.4, 0.5) is 0 Å². The van der Waals surface area contributed by atoms with Crippen LogP contribution >= 0.6 is 0 Å². The Morgan fingerprint density at radius 3 is 1.96 bits per heavy atom. The second-order valence-electron chi connectivity index (χ2n) is 17.4. The summed E-state index contributed by atoms with van der Waals surface area (Å²) in [5, 5.41) is 10.5. The maximum atomic E-state index is 11.4. The molecule has 294 valence electrons. The lowest BCUT2D eigenvalue weighted by atomic mass is 9.32. The highest BCUT2D eigenvalue weighted by atomic mass is 16.7. The first-order chi connectivity index (χ1) is 24.5. The molecule has 1 aromatic rings. The van der Waals surface area contributed by atoms with E-state index in [0.717, 1.165) is 29.2 Å². The van der Waals surface area contributed by atoms with Crippen molar-refractivity contribution >= 4 is 18.0 Å². The van der Waals surface area contributed by atoms with E-state index in [9.17, 15) is 14.7 Å². The zero-order valence-electron chi connectivity index (χ0n) is 35.8. The number of aromatic carboxylic acids is 1. The Bertz CT molecular complexity index is 1390. The molecule has 5 nitrogen and oxygen atoms in total. The number of carbonyl (C=O) groups is 2. The van der Waals surface area contributed by atoms with Gasteiger partial charge in [0.2, 0.25) is 6.41 Å². The van der Waals surface area contributed by atoms with Crippen molar-refractivity contribution in [1.82, 2.24) is 5.06 Å². The van der Waals surface area contributed by atoms with Crippen LogP contribution in [0.3, 0.4) is 0 Å². The zero-order chi connectivity index (χ0) is 39.7. The van der Waals surface area contributed by atoms with E-state index in [2.05, 4.69) is 71.2 Å². The van der Waals surface area contributed by atoms with Gasteiger partial charge >= 0.3 is 5.97 Å². The molecule has 1 N–H and O–H groups in total.